The predicted octanol–water partition coefficient (Wildman–Crippen LogP) is 2.07. The van der Waals surface area contributed by atoms with E-state index in [2.05, 4.69) is 11.4 Å². The molecule has 0 fully saturated rings. The predicted molar refractivity (Wildman–Crippen MR) is 71.9 cm³/mol. The number of hydrogen-bond acceptors (Lipinski definition) is 4. The van der Waals surface area contributed by atoms with Crippen LogP contribution in [0.1, 0.15) is 21.7 Å². The largest absolute Gasteiger partial charge is 0.488 e. The van der Waals surface area contributed by atoms with Crippen molar-refractivity contribution in [3.05, 3.63) is 53.5 Å². The fourth-order valence-corrected chi connectivity index (χ4v) is 2.40. The molecule has 20 heavy (non-hydrogen) atoms. The molecule has 1 aliphatic rings. The van der Waals surface area contributed by atoms with E-state index in [4.69, 9.17) is 14.3 Å². The molecule has 1 aromatic carbocycles. The maximum Gasteiger partial charge on any atom is 0.372 e. The summed E-state index contributed by atoms with van der Waals surface area (Å²) in [6.45, 7) is 1.12. The van der Waals surface area contributed by atoms with Crippen LogP contribution in [-0.2, 0) is 13.0 Å². The first-order chi connectivity index (χ1) is 9.74. The smallest absolute Gasteiger partial charge is 0.372 e. The SMILES string of the molecule is O=C(O)c1occc1CNCC1Cc2ccccc2O1. The molecule has 0 saturated carbocycles. The number of fused-ring (bicyclic) bond motifs is 1. The molecule has 0 spiro atoms. The molecule has 1 aliphatic heterocycles. The minimum absolute atomic E-state index is 0.00636. The first kappa shape index (κ1) is 12.7. The van der Waals surface area contributed by atoms with Gasteiger partial charge in [0.05, 0.1) is 6.26 Å². The third kappa shape index (κ3) is 2.53. The van der Waals surface area contributed by atoms with Crippen LogP contribution in [0.5, 0.6) is 5.75 Å². The van der Waals surface area contributed by atoms with E-state index in [0.717, 1.165) is 12.2 Å². The third-order valence-electron chi connectivity index (χ3n) is 3.34. The summed E-state index contributed by atoms with van der Waals surface area (Å²) in [5.74, 6) is -0.113. The molecule has 2 N–H and O–H groups in total. The van der Waals surface area contributed by atoms with Crippen molar-refractivity contribution >= 4 is 5.97 Å². The molecule has 0 bridgehead atoms. The number of carboxylic acids is 1. The van der Waals surface area contributed by atoms with Gasteiger partial charge in [-0.15, -0.1) is 0 Å². The van der Waals surface area contributed by atoms with E-state index in [1.54, 1.807) is 6.07 Å². The van der Waals surface area contributed by atoms with Crippen LogP contribution in [0.2, 0.25) is 0 Å². The molecule has 0 saturated heterocycles. The number of carboxylic acid groups (broad SMARTS) is 1. The van der Waals surface area contributed by atoms with Crippen LogP contribution in [0.15, 0.2) is 41.0 Å². The molecule has 5 heteroatoms. The van der Waals surface area contributed by atoms with E-state index >= 15 is 0 Å². The van der Waals surface area contributed by atoms with Gasteiger partial charge in [-0.3, -0.25) is 0 Å². The van der Waals surface area contributed by atoms with Crippen molar-refractivity contribution in [1.82, 2.24) is 5.32 Å². The summed E-state index contributed by atoms with van der Waals surface area (Å²) >= 11 is 0. The Labute approximate surface area is 116 Å². The molecule has 1 unspecified atom stereocenters. The number of ether oxygens (including phenoxy) is 1. The Balaban J connectivity index is 1.52. The standard InChI is InChI=1S/C15H15NO4/c17-15(18)14-11(5-6-19-14)8-16-9-12-7-10-3-1-2-4-13(10)20-12/h1-6,12,16H,7-9H2,(H,17,18). The summed E-state index contributed by atoms with van der Waals surface area (Å²) < 4.78 is 10.7. The Bertz CT molecular complexity index is 595. The summed E-state index contributed by atoms with van der Waals surface area (Å²) in [5, 5.41) is 12.1. The third-order valence-corrected chi connectivity index (χ3v) is 3.34. The summed E-state index contributed by atoms with van der Waals surface area (Å²) in [6.07, 6.45) is 2.36. The maximum atomic E-state index is 10.9. The molecule has 1 atom stereocenters. The highest BCUT2D eigenvalue weighted by Gasteiger charge is 2.22. The average Bonchev–Trinajstić information content (AvgIpc) is 3.04. The Kier molecular flexibility index (Phi) is 3.43. The van der Waals surface area contributed by atoms with Gasteiger partial charge in [0.25, 0.3) is 0 Å². The van der Waals surface area contributed by atoms with Crippen molar-refractivity contribution in [1.29, 1.82) is 0 Å². The van der Waals surface area contributed by atoms with E-state index in [9.17, 15) is 4.79 Å². The van der Waals surface area contributed by atoms with E-state index in [1.165, 1.54) is 11.8 Å². The minimum atomic E-state index is -1.05. The second-order valence-electron chi connectivity index (χ2n) is 4.76. The number of para-hydroxylation sites is 1. The Morgan fingerprint density at radius 3 is 3.00 bits per heavy atom. The lowest BCUT2D eigenvalue weighted by Crippen LogP contribution is -2.30. The second kappa shape index (κ2) is 5.38. The molecule has 0 amide bonds. The van der Waals surface area contributed by atoms with Crippen LogP contribution in [0.4, 0.5) is 0 Å². The van der Waals surface area contributed by atoms with Crippen LogP contribution < -0.4 is 10.1 Å². The van der Waals surface area contributed by atoms with Crippen molar-refractivity contribution in [2.45, 2.75) is 19.1 Å². The Morgan fingerprint density at radius 1 is 1.35 bits per heavy atom. The molecule has 2 heterocycles. The van der Waals surface area contributed by atoms with Gasteiger partial charge in [0.1, 0.15) is 11.9 Å². The van der Waals surface area contributed by atoms with Gasteiger partial charge < -0.3 is 19.6 Å². The van der Waals surface area contributed by atoms with E-state index in [1.807, 2.05) is 18.2 Å². The fraction of sp³-hybridized carbons (Fsp3) is 0.267. The van der Waals surface area contributed by atoms with Crippen molar-refractivity contribution < 1.29 is 19.1 Å². The van der Waals surface area contributed by atoms with Gasteiger partial charge in [0.15, 0.2) is 0 Å². The normalized spacial score (nSPS) is 16.7. The number of furan rings is 1. The minimum Gasteiger partial charge on any atom is -0.488 e. The number of nitrogens with one attached hydrogen (secondary N) is 1. The molecule has 3 rings (SSSR count). The first-order valence-electron chi connectivity index (χ1n) is 6.49. The quantitative estimate of drug-likeness (QED) is 0.872. The van der Waals surface area contributed by atoms with Crippen LogP contribution >= 0.6 is 0 Å². The highest BCUT2D eigenvalue weighted by atomic mass is 16.5. The lowest BCUT2D eigenvalue weighted by Gasteiger charge is -2.11. The van der Waals surface area contributed by atoms with E-state index in [-0.39, 0.29) is 11.9 Å². The fourth-order valence-electron chi connectivity index (χ4n) is 2.40. The first-order valence-corrected chi connectivity index (χ1v) is 6.49. The Morgan fingerprint density at radius 2 is 2.20 bits per heavy atom. The van der Waals surface area contributed by atoms with Crippen molar-refractivity contribution in [2.24, 2.45) is 0 Å². The van der Waals surface area contributed by atoms with Crippen molar-refractivity contribution in [3.8, 4) is 5.75 Å². The molecule has 1 aromatic heterocycles. The van der Waals surface area contributed by atoms with Gasteiger partial charge in [-0.2, -0.15) is 0 Å². The van der Waals surface area contributed by atoms with Gasteiger partial charge in [0.2, 0.25) is 5.76 Å². The Hall–Kier alpha value is -2.27. The monoisotopic (exact) mass is 273 g/mol. The number of carbonyl (C=O) groups is 1. The highest BCUT2D eigenvalue weighted by molar-refractivity contribution is 5.86. The summed E-state index contributed by atoms with van der Waals surface area (Å²) in [6, 6.07) is 9.66. The average molecular weight is 273 g/mol. The van der Waals surface area contributed by atoms with Crippen molar-refractivity contribution in [2.75, 3.05) is 6.54 Å². The van der Waals surface area contributed by atoms with Crippen LogP contribution in [0.3, 0.4) is 0 Å². The van der Waals surface area contributed by atoms with Gasteiger partial charge in [0, 0.05) is 25.1 Å². The lowest BCUT2D eigenvalue weighted by atomic mass is 10.1. The molecular weight excluding hydrogens is 258 g/mol. The zero-order chi connectivity index (χ0) is 13.9. The van der Waals surface area contributed by atoms with Gasteiger partial charge >= 0.3 is 5.97 Å². The van der Waals surface area contributed by atoms with Crippen molar-refractivity contribution in [3.63, 3.8) is 0 Å². The number of rotatable bonds is 5. The van der Waals surface area contributed by atoms with Crippen LogP contribution in [0.25, 0.3) is 0 Å². The number of hydrogen-bond donors (Lipinski definition) is 2. The van der Waals surface area contributed by atoms with E-state index in [0.29, 0.717) is 18.7 Å². The lowest BCUT2D eigenvalue weighted by molar-refractivity contribution is 0.0660. The van der Waals surface area contributed by atoms with E-state index < -0.39 is 5.97 Å². The summed E-state index contributed by atoms with van der Waals surface area (Å²) in [5.41, 5.74) is 1.86. The number of benzene rings is 1. The number of aromatic carboxylic acids is 1. The molecule has 2 aromatic rings. The molecule has 104 valence electrons. The van der Waals surface area contributed by atoms with Gasteiger partial charge in [-0.1, -0.05) is 18.2 Å². The van der Waals surface area contributed by atoms with Crippen LogP contribution in [-0.4, -0.2) is 23.7 Å². The zero-order valence-corrected chi connectivity index (χ0v) is 10.8. The molecule has 5 nitrogen and oxygen atoms in total. The molecule has 0 aliphatic carbocycles. The van der Waals surface area contributed by atoms with Crippen LogP contribution in [0, 0.1) is 0 Å². The van der Waals surface area contributed by atoms with Gasteiger partial charge in [-0.25, -0.2) is 4.79 Å². The summed E-state index contributed by atoms with van der Waals surface area (Å²) in [4.78, 5) is 10.9. The maximum absolute atomic E-state index is 10.9. The zero-order valence-electron chi connectivity index (χ0n) is 10.8. The second-order valence-corrected chi connectivity index (χ2v) is 4.76. The summed E-state index contributed by atoms with van der Waals surface area (Å²) in [7, 11) is 0. The topological polar surface area (TPSA) is 71.7 Å². The molecule has 0 radical (unpaired) electrons. The van der Waals surface area contributed by atoms with Gasteiger partial charge in [-0.05, 0) is 17.7 Å². The highest BCUT2D eigenvalue weighted by Crippen LogP contribution is 2.27. The molecular formula is C15H15NO4.